The van der Waals surface area contributed by atoms with Crippen molar-refractivity contribution >= 4 is 33.4 Å². The van der Waals surface area contributed by atoms with E-state index < -0.39 is 6.10 Å². The maximum Gasteiger partial charge on any atom is 0.265 e. The van der Waals surface area contributed by atoms with Crippen molar-refractivity contribution in [1.29, 1.82) is 0 Å². The number of halogens is 1. The lowest BCUT2D eigenvalue weighted by atomic mass is 10.2. The molecule has 130 valence electrons. The van der Waals surface area contributed by atoms with Crippen LogP contribution in [0.2, 0.25) is 0 Å². The van der Waals surface area contributed by atoms with Crippen molar-refractivity contribution in [3.63, 3.8) is 0 Å². The van der Waals surface area contributed by atoms with Gasteiger partial charge >= 0.3 is 0 Å². The Morgan fingerprint density at radius 2 is 1.72 bits per heavy atom. The molecule has 1 fully saturated rings. The first kappa shape index (κ1) is 17.5. The van der Waals surface area contributed by atoms with Crippen molar-refractivity contribution in [2.75, 3.05) is 5.32 Å². The van der Waals surface area contributed by atoms with Gasteiger partial charge in [0.2, 0.25) is 0 Å². The van der Waals surface area contributed by atoms with Crippen LogP contribution in [-0.4, -0.2) is 24.0 Å². The van der Waals surface area contributed by atoms with Crippen LogP contribution in [0, 0.1) is 0 Å². The van der Waals surface area contributed by atoms with Gasteiger partial charge in [0.25, 0.3) is 11.8 Å². The summed E-state index contributed by atoms with van der Waals surface area (Å²) in [5, 5.41) is 5.72. The van der Waals surface area contributed by atoms with Gasteiger partial charge < -0.3 is 15.4 Å². The smallest absolute Gasteiger partial charge is 0.265 e. The zero-order valence-corrected chi connectivity index (χ0v) is 15.4. The van der Waals surface area contributed by atoms with Gasteiger partial charge in [0.05, 0.1) is 0 Å². The molecule has 2 N–H and O–H groups in total. The summed E-state index contributed by atoms with van der Waals surface area (Å²) >= 11 is 3.35. The van der Waals surface area contributed by atoms with Crippen molar-refractivity contribution in [2.24, 2.45) is 0 Å². The third-order valence-electron chi connectivity index (χ3n) is 3.82. The van der Waals surface area contributed by atoms with Crippen LogP contribution in [0.15, 0.2) is 53.0 Å². The summed E-state index contributed by atoms with van der Waals surface area (Å²) in [5.41, 5.74) is 1.21. The van der Waals surface area contributed by atoms with E-state index in [4.69, 9.17) is 4.74 Å². The van der Waals surface area contributed by atoms with Gasteiger partial charge in [-0.1, -0.05) is 15.9 Å². The molecule has 6 heteroatoms. The number of benzene rings is 2. The van der Waals surface area contributed by atoms with E-state index in [-0.39, 0.29) is 11.8 Å². The number of carbonyl (C=O) groups is 2. The lowest BCUT2D eigenvalue weighted by molar-refractivity contribution is -0.122. The van der Waals surface area contributed by atoms with Crippen LogP contribution in [0.4, 0.5) is 5.69 Å². The molecule has 1 saturated carbocycles. The van der Waals surface area contributed by atoms with Crippen molar-refractivity contribution in [3.8, 4) is 5.75 Å². The van der Waals surface area contributed by atoms with E-state index in [1.54, 1.807) is 43.3 Å². The van der Waals surface area contributed by atoms with Gasteiger partial charge in [-0.25, -0.2) is 0 Å². The molecule has 0 bridgehead atoms. The zero-order valence-electron chi connectivity index (χ0n) is 13.8. The lowest BCUT2D eigenvalue weighted by Crippen LogP contribution is -2.30. The highest BCUT2D eigenvalue weighted by Gasteiger charge is 2.23. The fraction of sp³-hybridized carbons (Fsp3) is 0.263. The Hall–Kier alpha value is -2.34. The Bertz CT molecular complexity index is 755. The number of ether oxygens (including phenoxy) is 1. The number of hydrogen-bond donors (Lipinski definition) is 2. The molecule has 5 nitrogen and oxygen atoms in total. The standard InChI is InChI=1S/C19H19BrN2O3/c1-12(25-17-10-4-14(20)5-11-17)18(23)21-15-6-2-13(3-7-15)19(24)22-16-8-9-16/h2-7,10-12,16H,8-9H2,1H3,(H,21,23)(H,22,24)/t12-/m0/s1. The second kappa shape index (κ2) is 7.70. The minimum absolute atomic E-state index is 0.0766. The van der Waals surface area contributed by atoms with Gasteiger partial charge in [0.15, 0.2) is 6.10 Å². The summed E-state index contributed by atoms with van der Waals surface area (Å²) in [6.07, 6.45) is 1.46. The SMILES string of the molecule is C[C@H](Oc1ccc(Br)cc1)C(=O)Nc1ccc(C(=O)NC2CC2)cc1. The van der Waals surface area contributed by atoms with Crippen LogP contribution in [0.3, 0.4) is 0 Å². The Balaban J connectivity index is 1.54. The number of nitrogens with one attached hydrogen (secondary N) is 2. The molecule has 1 atom stereocenters. The molecule has 2 aromatic carbocycles. The van der Waals surface area contributed by atoms with Crippen LogP contribution in [0.1, 0.15) is 30.1 Å². The van der Waals surface area contributed by atoms with Gasteiger partial charge in [-0.3, -0.25) is 9.59 Å². The fourth-order valence-corrected chi connectivity index (χ4v) is 2.48. The molecule has 0 aliphatic heterocycles. The van der Waals surface area contributed by atoms with E-state index in [1.807, 2.05) is 12.1 Å². The third-order valence-corrected chi connectivity index (χ3v) is 4.35. The monoisotopic (exact) mass is 402 g/mol. The number of amides is 2. The maximum absolute atomic E-state index is 12.2. The molecule has 0 radical (unpaired) electrons. The first-order chi connectivity index (χ1) is 12.0. The van der Waals surface area contributed by atoms with Gasteiger partial charge in [0.1, 0.15) is 5.75 Å². The summed E-state index contributed by atoms with van der Waals surface area (Å²) in [6, 6.07) is 14.4. The Kier molecular flexibility index (Phi) is 5.38. The Labute approximate surface area is 154 Å². The third kappa shape index (κ3) is 5.06. The summed E-state index contributed by atoms with van der Waals surface area (Å²) in [6.45, 7) is 1.69. The second-order valence-electron chi connectivity index (χ2n) is 6.03. The van der Waals surface area contributed by atoms with Gasteiger partial charge in [-0.15, -0.1) is 0 Å². The average Bonchev–Trinajstić information content (AvgIpc) is 3.41. The van der Waals surface area contributed by atoms with Crippen molar-refractivity contribution < 1.29 is 14.3 Å². The van der Waals surface area contributed by atoms with E-state index in [9.17, 15) is 9.59 Å². The van der Waals surface area contributed by atoms with Crippen molar-refractivity contribution in [1.82, 2.24) is 5.32 Å². The summed E-state index contributed by atoms with van der Waals surface area (Å²) in [7, 11) is 0. The zero-order chi connectivity index (χ0) is 17.8. The molecule has 0 spiro atoms. The largest absolute Gasteiger partial charge is 0.481 e. The topological polar surface area (TPSA) is 67.4 Å². The molecule has 0 saturated heterocycles. The predicted octanol–water partition coefficient (Wildman–Crippen LogP) is 3.75. The average molecular weight is 403 g/mol. The quantitative estimate of drug-likeness (QED) is 0.772. The summed E-state index contributed by atoms with van der Waals surface area (Å²) in [5.74, 6) is 0.295. The van der Waals surface area contributed by atoms with E-state index in [2.05, 4.69) is 26.6 Å². The highest BCUT2D eigenvalue weighted by Crippen LogP contribution is 2.20. The molecule has 1 aliphatic rings. The van der Waals surface area contributed by atoms with E-state index >= 15 is 0 Å². The maximum atomic E-state index is 12.2. The fourth-order valence-electron chi connectivity index (χ4n) is 2.22. The number of anilines is 1. The van der Waals surface area contributed by atoms with Crippen LogP contribution < -0.4 is 15.4 Å². The van der Waals surface area contributed by atoms with E-state index in [1.165, 1.54) is 0 Å². The predicted molar refractivity (Wildman–Crippen MR) is 99.8 cm³/mol. The molecule has 25 heavy (non-hydrogen) atoms. The molecule has 0 heterocycles. The van der Waals surface area contributed by atoms with Crippen molar-refractivity contribution in [2.45, 2.75) is 31.9 Å². The summed E-state index contributed by atoms with van der Waals surface area (Å²) in [4.78, 5) is 24.2. The van der Waals surface area contributed by atoms with Crippen LogP contribution in [-0.2, 0) is 4.79 Å². The van der Waals surface area contributed by atoms with E-state index in [0.717, 1.165) is 17.3 Å². The molecule has 0 aromatic heterocycles. The Morgan fingerprint density at radius 3 is 2.32 bits per heavy atom. The molecule has 0 unspecified atom stereocenters. The number of carbonyl (C=O) groups excluding carboxylic acids is 2. The van der Waals surface area contributed by atoms with Gasteiger partial charge in [-0.05, 0) is 68.3 Å². The van der Waals surface area contributed by atoms with Crippen LogP contribution in [0.25, 0.3) is 0 Å². The molecular weight excluding hydrogens is 384 g/mol. The minimum Gasteiger partial charge on any atom is -0.481 e. The molecule has 2 amide bonds. The van der Waals surface area contributed by atoms with Crippen molar-refractivity contribution in [3.05, 3.63) is 58.6 Å². The van der Waals surface area contributed by atoms with E-state index in [0.29, 0.717) is 23.0 Å². The van der Waals surface area contributed by atoms with Gasteiger partial charge in [0, 0.05) is 21.8 Å². The highest BCUT2D eigenvalue weighted by atomic mass is 79.9. The summed E-state index contributed by atoms with van der Waals surface area (Å²) < 4.78 is 6.57. The Morgan fingerprint density at radius 1 is 1.08 bits per heavy atom. The number of rotatable bonds is 6. The molecule has 1 aliphatic carbocycles. The highest BCUT2D eigenvalue weighted by molar-refractivity contribution is 9.10. The first-order valence-corrected chi connectivity index (χ1v) is 8.94. The first-order valence-electron chi connectivity index (χ1n) is 8.15. The van der Waals surface area contributed by atoms with Crippen LogP contribution >= 0.6 is 15.9 Å². The molecular formula is C19H19BrN2O3. The van der Waals surface area contributed by atoms with Crippen LogP contribution in [0.5, 0.6) is 5.75 Å². The normalized spacial score (nSPS) is 14.5. The minimum atomic E-state index is -0.640. The number of hydrogen-bond acceptors (Lipinski definition) is 3. The second-order valence-corrected chi connectivity index (χ2v) is 6.94. The van der Waals surface area contributed by atoms with Gasteiger partial charge in [-0.2, -0.15) is 0 Å². The lowest BCUT2D eigenvalue weighted by Gasteiger charge is -2.15. The molecule has 3 rings (SSSR count). The molecule has 2 aromatic rings.